The van der Waals surface area contributed by atoms with Crippen molar-refractivity contribution in [3.8, 4) is 5.75 Å². The molecule has 0 bridgehead atoms. The minimum Gasteiger partial charge on any atom is -0.497 e. The fourth-order valence-electron chi connectivity index (χ4n) is 2.82. The lowest BCUT2D eigenvalue weighted by Gasteiger charge is -2.14. The van der Waals surface area contributed by atoms with E-state index in [1.807, 2.05) is 56.3 Å². The second-order valence-corrected chi connectivity index (χ2v) is 7.22. The maximum absolute atomic E-state index is 5.40. The highest BCUT2D eigenvalue weighted by Gasteiger charge is 2.07. The Morgan fingerprint density at radius 3 is 2.52 bits per heavy atom. The molecule has 0 saturated heterocycles. The first-order valence-corrected chi connectivity index (χ1v) is 10.3. The van der Waals surface area contributed by atoms with Gasteiger partial charge < -0.3 is 19.8 Å². The zero-order chi connectivity index (χ0) is 22.1. The van der Waals surface area contributed by atoms with Gasteiger partial charge in [0, 0.05) is 17.9 Å². The summed E-state index contributed by atoms with van der Waals surface area (Å²) in [5, 5.41) is 9.73. The van der Waals surface area contributed by atoms with Gasteiger partial charge in [0.2, 0.25) is 11.9 Å². The van der Waals surface area contributed by atoms with E-state index in [9.17, 15) is 0 Å². The Labute approximate surface area is 187 Å². The van der Waals surface area contributed by atoms with Gasteiger partial charge in [-0.1, -0.05) is 12.1 Å². The van der Waals surface area contributed by atoms with Crippen LogP contribution in [-0.4, -0.2) is 34.7 Å². The number of nitrogens with zero attached hydrogens (tertiary/aromatic N) is 3. The molecule has 0 aliphatic carbocycles. The molecule has 162 valence electrons. The summed E-state index contributed by atoms with van der Waals surface area (Å²) >= 11 is 5.40. The number of furan rings is 1. The van der Waals surface area contributed by atoms with Crippen molar-refractivity contribution in [1.29, 1.82) is 0 Å². The number of rotatable bonds is 7. The predicted molar refractivity (Wildman–Crippen MR) is 125 cm³/mol. The van der Waals surface area contributed by atoms with E-state index in [-0.39, 0.29) is 0 Å². The van der Waals surface area contributed by atoms with Gasteiger partial charge in [0.05, 0.1) is 19.9 Å². The van der Waals surface area contributed by atoms with Gasteiger partial charge in [0.15, 0.2) is 5.11 Å². The number of guanidine groups is 1. The average Bonchev–Trinajstić information content (AvgIpc) is 3.26. The number of nitrogens with one attached hydrogen (secondary N) is 3. The van der Waals surface area contributed by atoms with Gasteiger partial charge in [-0.2, -0.15) is 0 Å². The summed E-state index contributed by atoms with van der Waals surface area (Å²) < 4.78 is 10.5. The highest BCUT2D eigenvalue weighted by Crippen LogP contribution is 2.11. The van der Waals surface area contributed by atoms with Crippen molar-refractivity contribution in [1.82, 2.24) is 20.6 Å². The maximum Gasteiger partial charge on any atom is 0.229 e. The number of hydrogen-bond acceptors (Lipinski definition) is 6. The normalized spacial score (nSPS) is 11.1. The Balaban J connectivity index is 1.65. The van der Waals surface area contributed by atoms with Gasteiger partial charge in [-0.3, -0.25) is 10.3 Å². The molecule has 8 nitrogen and oxygen atoms in total. The molecule has 0 atom stereocenters. The van der Waals surface area contributed by atoms with Crippen LogP contribution in [0.1, 0.15) is 22.7 Å². The van der Waals surface area contributed by atoms with Crippen molar-refractivity contribution in [2.24, 2.45) is 4.99 Å². The minimum atomic E-state index is 0.413. The Hall–Kier alpha value is -3.46. The topological polar surface area (TPSA) is 96.6 Å². The number of ether oxygens (including phenoxy) is 1. The molecule has 1 aromatic carbocycles. The number of aryl methyl sites for hydroxylation is 2. The van der Waals surface area contributed by atoms with Crippen LogP contribution in [0.15, 0.2) is 58.1 Å². The molecule has 0 unspecified atom stereocenters. The maximum atomic E-state index is 5.40. The smallest absolute Gasteiger partial charge is 0.229 e. The fourth-order valence-corrected chi connectivity index (χ4v) is 2.99. The summed E-state index contributed by atoms with van der Waals surface area (Å²) in [7, 11) is 1.65. The lowest BCUT2D eigenvalue weighted by atomic mass is 10.1. The lowest BCUT2D eigenvalue weighted by molar-refractivity contribution is 0.414. The lowest BCUT2D eigenvalue weighted by Crippen LogP contribution is -2.42. The van der Waals surface area contributed by atoms with Crippen LogP contribution in [0.4, 0.5) is 5.95 Å². The molecule has 3 rings (SSSR count). The number of benzene rings is 1. The molecule has 3 N–H and O–H groups in total. The van der Waals surface area contributed by atoms with Crippen LogP contribution >= 0.6 is 12.2 Å². The third-order valence-corrected chi connectivity index (χ3v) is 4.52. The highest BCUT2D eigenvalue weighted by molar-refractivity contribution is 7.80. The first-order chi connectivity index (χ1) is 15.0. The minimum absolute atomic E-state index is 0.413. The molecule has 0 amide bonds. The molecule has 3 aromatic rings. The Bertz CT molecular complexity index is 999. The second kappa shape index (κ2) is 11.1. The van der Waals surface area contributed by atoms with Gasteiger partial charge in [-0.25, -0.2) is 9.97 Å². The monoisotopic (exact) mass is 438 g/mol. The summed E-state index contributed by atoms with van der Waals surface area (Å²) in [6.45, 7) is 4.86. The molecule has 0 spiro atoms. The summed E-state index contributed by atoms with van der Waals surface area (Å²) in [6, 6.07) is 13.5. The van der Waals surface area contributed by atoms with E-state index in [0.717, 1.165) is 34.9 Å². The fraction of sp³-hybridized carbons (Fsp3) is 0.273. The summed E-state index contributed by atoms with van der Waals surface area (Å²) in [4.78, 5) is 13.5. The van der Waals surface area contributed by atoms with Gasteiger partial charge in [0.1, 0.15) is 11.5 Å². The SMILES string of the molecule is COc1ccc(CCN=C(NC(=S)NCc2ccco2)Nc2nc(C)cc(C)n2)cc1. The van der Waals surface area contributed by atoms with Crippen molar-refractivity contribution in [2.75, 3.05) is 19.0 Å². The van der Waals surface area contributed by atoms with Gasteiger partial charge in [-0.05, 0) is 68.4 Å². The van der Waals surface area contributed by atoms with E-state index in [0.29, 0.717) is 30.1 Å². The summed E-state index contributed by atoms with van der Waals surface area (Å²) in [5.41, 5.74) is 2.89. The molecule has 0 radical (unpaired) electrons. The largest absolute Gasteiger partial charge is 0.497 e. The Morgan fingerprint density at radius 1 is 1.13 bits per heavy atom. The van der Waals surface area contributed by atoms with Crippen molar-refractivity contribution >= 4 is 29.2 Å². The third kappa shape index (κ3) is 7.38. The van der Waals surface area contributed by atoms with E-state index in [4.69, 9.17) is 21.4 Å². The zero-order valence-corrected chi connectivity index (χ0v) is 18.6. The number of aromatic nitrogens is 2. The molecular formula is C22H26N6O2S. The van der Waals surface area contributed by atoms with E-state index in [2.05, 4.69) is 30.9 Å². The first kappa shape index (κ1) is 22.2. The van der Waals surface area contributed by atoms with Crippen LogP contribution in [0.2, 0.25) is 0 Å². The molecule has 0 aliphatic rings. The number of aliphatic imine (C=N–C) groups is 1. The van der Waals surface area contributed by atoms with Gasteiger partial charge in [0.25, 0.3) is 0 Å². The quantitative estimate of drug-likeness (QED) is 0.294. The van der Waals surface area contributed by atoms with Crippen molar-refractivity contribution in [3.63, 3.8) is 0 Å². The molecule has 2 heterocycles. The zero-order valence-electron chi connectivity index (χ0n) is 17.8. The molecule has 0 aliphatic heterocycles. The van der Waals surface area contributed by atoms with Crippen LogP contribution in [0.25, 0.3) is 0 Å². The standard InChI is InChI=1S/C22H26N6O2S/c1-15-13-16(2)26-21(25-15)27-20(28-22(31)24-14-19-5-4-12-30-19)23-11-10-17-6-8-18(29-3)9-7-17/h4-9,12-13H,10-11,14H2,1-3H3,(H3,23,24,25,26,27,28,31). The van der Waals surface area contributed by atoms with E-state index < -0.39 is 0 Å². The first-order valence-electron chi connectivity index (χ1n) is 9.86. The van der Waals surface area contributed by atoms with Gasteiger partial charge >= 0.3 is 0 Å². The van der Waals surface area contributed by atoms with E-state index in [1.165, 1.54) is 0 Å². The van der Waals surface area contributed by atoms with Crippen LogP contribution in [0.3, 0.4) is 0 Å². The van der Waals surface area contributed by atoms with Crippen LogP contribution in [0, 0.1) is 13.8 Å². The molecule has 31 heavy (non-hydrogen) atoms. The summed E-state index contributed by atoms with van der Waals surface area (Å²) in [5.74, 6) is 2.54. The van der Waals surface area contributed by atoms with Crippen LogP contribution < -0.4 is 20.7 Å². The molecule has 0 saturated carbocycles. The molecule has 0 fully saturated rings. The van der Waals surface area contributed by atoms with Crippen LogP contribution in [-0.2, 0) is 13.0 Å². The molecular weight excluding hydrogens is 412 g/mol. The molecule has 2 aromatic heterocycles. The number of hydrogen-bond donors (Lipinski definition) is 3. The van der Waals surface area contributed by atoms with Crippen molar-refractivity contribution < 1.29 is 9.15 Å². The Morgan fingerprint density at radius 2 is 1.87 bits per heavy atom. The van der Waals surface area contributed by atoms with Crippen molar-refractivity contribution in [2.45, 2.75) is 26.8 Å². The second-order valence-electron chi connectivity index (χ2n) is 6.81. The average molecular weight is 439 g/mol. The van der Waals surface area contributed by atoms with Crippen molar-refractivity contribution in [3.05, 3.63) is 71.4 Å². The van der Waals surface area contributed by atoms with E-state index in [1.54, 1.807) is 13.4 Å². The predicted octanol–water partition coefficient (Wildman–Crippen LogP) is 3.37. The number of methoxy groups -OCH3 is 1. The number of thiocarbonyl (C=S) groups is 1. The molecule has 9 heteroatoms. The van der Waals surface area contributed by atoms with E-state index >= 15 is 0 Å². The third-order valence-electron chi connectivity index (χ3n) is 4.28. The highest BCUT2D eigenvalue weighted by atomic mass is 32.1. The number of anilines is 1. The summed E-state index contributed by atoms with van der Waals surface area (Å²) in [6.07, 6.45) is 2.38. The van der Waals surface area contributed by atoms with Gasteiger partial charge in [-0.15, -0.1) is 0 Å². The van der Waals surface area contributed by atoms with Crippen LogP contribution in [0.5, 0.6) is 5.75 Å². The Kier molecular flexibility index (Phi) is 7.94.